The van der Waals surface area contributed by atoms with Crippen LogP contribution < -0.4 is 16.0 Å². The Morgan fingerprint density at radius 3 is 2.73 bits per heavy atom. The van der Waals surface area contributed by atoms with Crippen LogP contribution in [0.3, 0.4) is 0 Å². The number of rotatable bonds is 6. The molecule has 0 aliphatic carbocycles. The normalized spacial score (nSPS) is 21.3. The van der Waals surface area contributed by atoms with E-state index in [0.29, 0.717) is 47.8 Å². The molecule has 3 N–H and O–H groups in total. The van der Waals surface area contributed by atoms with E-state index in [0.717, 1.165) is 42.9 Å². The SMILES string of the molecule is C=C1CCC(N2C(=O)c3cccc(NCc4cnn(CC5CCNCC5)c4)c3C2=O)C(=O)N1. The highest BCUT2D eigenvalue weighted by molar-refractivity contribution is 6.25. The summed E-state index contributed by atoms with van der Waals surface area (Å²) in [6.45, 7) is 7.26. The van der Waals surface area contributed by atoms with E-state index in [1.807, 2.05) is 17.1 Å². The van der Waals surface area contributed by atoms with Crippen molar-refractivity contribution in [2.24, 2.45) is 5.92 Å². The minimum Gasteiger partial charge on any atom is -0.380 e. The third-order valence-corrected chi connectivity index (χ3v) is 6.65. The molecule has 2 fully saturated rings. The van der Waals surface area contributed by atoms with Gasteiger partial charge in [0, 0.05) is 36.2 Å². The zero-order valence-corrected chi connectivity index (χ0v) is 18.5. The molecular weight excluding hydrogens is 420 g/mol. The minimum absolute atomic E-state index is 0.321. The number of amides is 3. The summed E-state index contributed by atoms with van der Waals surface area (Å²) < 4.78 is 1.98. The lowest BCUT2D eigenvalue weighted by molar-refractivity contribution is -0.125. The van der Waals surface area contributed by atoms with Gasteiger partial charge in [-0.2, -0.15) is 5.10 Å². The predicted molar refractivity (Wildman–Crippen MR) is 122 cm³/mol. The smallest absolute Gasteiger partial charge is 0.264 e. The first-order valence-corrected chi connectivity index (χ1v) is 11.5. The molecule has 0 saturated carbocycles. The Hall–Kier alpha value is -3.46. The van der Waals surface area contributed by atoms with Gasteiger partial charge in [-0.3, -0.25) is 24.0 Å². The molecule has 2 saturated heterocycles. The second kappa shape index (κ2) is 8.82. The number of anilines is 1. The molecule has 9 heteroatoms. The summed E-state index contributed by atoms with van der Waals surface area (Å²) in [6.07, 6.45) is 7.09. The number of benzene rings is 1. The van der Waals surface area contributed by atoms with Crippen molar-refractivity contribution in [2.45, 2.75) is 44.8 Å². The van der Waals surface area contributed by atoms with Crippen LogP contribution in [0, 0.1) is 5.92 Å². The van der Waals surface area contributed by atoms with Gasteiger partial charge in [-0.1, -0.05) is 12.6 Å². The molecular formula is C24H28N6O3. The van der Waals surface area contributed by atoms with Crippen LogP contribution in [0.15, 0.2) is 42.9 Å². The highest BCUT2D eigenvalue weighted by atomic mass is 16.2. The second-order valence-corrected chi connectivity index (χ2v) is 8.97. The number of hydrogen-bond donors (Lipinski definition) is 3. The molecule has 9 nitrogen and oxygen atoms in total. The van der Waals surface area contributed by atoms with Crippen molar-refractivity contribution < 1.29 is 14.4 Å². The molecule has 0 radical (unpaired) electrons. The standard InChI is InChI=1S/C24H28N6O3/c1-15-5-6-20(22(31)28-15)30-23(32)18-3-2-4-19(21(18)24(30)33)26-11-17-12-27-29(14-17)13-16-7-9-25-10-8-16/h2-4,12,14,16,20,25-26H,1,5-11,13H2,(H,28,31). The molecule has 1 aromatic carbocycles. The predicted octanol–water partition coefficient (Wildman–Crippen LogP) is 1.88. The van der Waals surface area contributed by atoms with E-state index in [1.165, 1.54) is 0 Å². The summed E-state index contributed by atoms with van der Waals surface area (Å²) in [5.41, 5.74) is 2.84. The summed E-state index contributed by atoms with van der Waals surface area (Å²) in [7, 11) is 0. The summed E-state index contributed by atoms with van der Waals surface area (Å²) >= 11 is 0. The van der Waals surface area contributed by atoms with Crippen molar-refractivity contribution in [1.29, 1.82) is 0 Å². The molecule has 3 aliphatic heterocycles. The Morgan fingerprint density at radius 1 is 1.12 bits per heavy atom. The van der Waals surface area contributed by atoms with Crippen molar-refractivity contribution >= 4 is 23.4 Å². The number of piperidine rings is 2. The Labute approximate surface area is 192 Å². The van der Waals surface area contributed by atoms with Crippen LogP contribution in [0.1, 0.15) is 52.0 Å². The highest BCUT2D eigenvalue weighted by Gasteiger charge is 2.45. The number of nitrogens with one attached hydrogen (secondary N) is 3. The summed E-state index contributed by atoms with van der Waals surface area (Å²) in [6, 6.07) is 4.36. The van der Waals surface area contributed by atoms with Crippen LogP contribution in [0.2, 0.25) is 0 Å². The van der Waals surface area contributed by atoms with Crippen molar-refractivity contribution in [1.82, 2.24) is 25.3 Å². The van der Waals surface area contributed by atoms with Gasteiger partial charge >= 0.3 is 0 Å². The second-order valence-electron chi connectivity index (χ2n) is 8.97. The number of hydrogen-bond acceptors (Lipinski definition) is 6. The molecule has 4 heterocycles. The molecule has 3 aliphatic rings. The van der Waals surface area contributed by atoms with E-state index in [-0.39, 0.29) is 5.91 Å². The first-order chi connectivity index (χ1) is 16.0. The van der Waals surface area contributed by atoms with Gasteiger partial charge in [0.25, 0.3) is 11.8 Å². The largest absolute Gasteiger partial charge is 0.380 e. The molecule has 3 amide bonds. The molecule has 1 unspecified atom stereocenters. The number of imide groups is 1. The topological polar surface area (TPSA) is 108 Å². The van der Waals surface area contributed by atoms with Crippen molar-refractivity contribution in [3.05, 3.63) is 59.6 Å². The summed E-state index contributed by atoms with van der Waals surface area (Å²) in [5.74, 6) is -0.599. The molecule has 33 heavy (non-hydrogen) atoms. The fraction of sp³-hybridized carbons (Fsp3) is 0.417. The van der Waals surface area contributed by atoms with Crippen LogP contribution in [0.4, 0.5) is 5.69 Å². The Morgan fingerprint density at radius 2 is 1.94 bits per heavy atom. The third kappa shape index (κ3) is 4.16. The number of fused-ring (bicyclic) bond motifs is 1. The maximum Gasteiger partial charge on any atom is 0.264 e. The molecule has 2 aromatic rings. The van der Waals surface area contributed by atoms with Crippen molar-refractivity contribution in [3.63, 3.8) is 0 Å². The van der Waals surface area contributed by atoms with Gasteiger partial charge in [0.1, 0.15) is 6.04 Å². The minimum atomic E-state index is -0.816. The van der Waals surface area contributed by atoms with Gasteiger partial charge in [-0.15, -0.1) is 0 Å². The van der Waals surface area contributed by atoms with Crippen molar-refractivity contribution in [3.8, 4) is 0 Å². The van der Waals surface area contributed by atoms with E-state index < -0.39 is 17.9 Å². The van der Waals surface area contributed by atoms with Gasteiger partial charge in [0.2, 0.25) is 5.91 Å². The van der Waals surface area contributed by atoms with E-state index in [2.05, 4.69) is 27.6 Å². The molecule has 5 rings (SSSR count). The fourth-order valence-electron chi connectivity index (χ4n) is 4.87. The Bertz CT molecular complexity index is 1120. The maximum atomic E-state index is 13.2. The lowest BCUT2D eigenvalue weighted by Gasteiger charge is -2.29. The number of nitrogens with zero attached hydrogens (tertiary/aromatic N) is 3. The van der Waals surface area contributed by atoms with Crippen LogP contribution in [0.25, 0.3) is 0 Å². The monoisotopic (exact) mass is 448 g/mol. The third-order valence-electron chi connectivity index (χ3n) is 6.65. The molecule has 172 valence electrons. The van der Waals surface area contributed by atoms with Gasteiger partial charge in [-0.05, 0) is 56.8 Å². The molecule has 1 atom stereocenters. The number of aromatic nitrogens is 2. The zero-order valence-electron chi connectivity index (χ0n) is 18.5. The zero-order chi connectivity index (χ0) is 22.9. The average Bonchev–Trinajstić information content (AvgIpc) is 3.36. The fourth-order valence-corrected chi connectivity index (χ4v) is 4.87. The average molecular weight is 449 g/mol. The summed E-state index contributed by atoms with van der Waals surface area (Å²) in [4.78, 5) is 39.8. The molecule has 0 bridgehead atoms. The van der Waals surface area contributed by atoms with Crippen LogP contribution in [0.5, 0.6) is 0 Å². The Balaban J connectivity index is 1.29. The maximum absolute atomic E-state index is 13.2. The van der Waals surface area contributed by atoms with Gasteiger partial charge in [0.15, 0.2) is 0 Å². The molecule has 0 spiro atoms. The van der Waals surface area contributed by atoms with Gasteiger partial charge in [-0.25, -0.2) is 0 Å². The Kier molecular flexibility index (Phi) is 5.72. The van der Waals surface area contributed by atoms with Gasteiger partial charge in [0.05, 0.1) is 17.3 Å². The lowest BCUT2D eigenvalue weighted by atomic mass is 9.98. The first kappa shape index (κ1) is 21.4. The first-order valence-electron chi connectivity index (χ1n) is 11.5. The van der Waals surface area contributed by atoms with E-state index >= 15 is 0 Å². The number of carbonyl (C=O) groups excluding carboxylic acids is 3. The van der Waals surface area contributed by atoms with E-state index in [4.69, 9.17) is 0 Å². The lowest BCUT2D eigenvalue weighted by Crippen LogP contribution is -2.51. The van der Waals surface area contributed by atoms with Crippen LogP contribution in [-0.4, -0.2) is 51.5 Å². The molecule has 1 aromatic heterocycles. The number of allylic oxidation sites excluding steroid dienone is 1. The van der Waals surface area contributed by atoms with E-state index in [9.17, 15) is 14.4 Å². The van der Waals surface area contributed by atoms with Crippen molar-refractivity contribution in [2.75, 3.05) is 18.4 Å². The van der Waals surface area contributed by atoms with E-state index in [1.54, 1.807) is 18.2 Å². The quantitative estimate of drug-likeness (QED) is 0.583. The van der Waals surface area contributed by atoms with Crippen LogP contribution >= 0.6 is 0 Å². The highest BCUT2D eigenvalue weighted by Crippen LogP contribution is 2.33. The number of carbonyl (C=O) groups is 3. The summed E-state index contributed by atoms with van der Waals surface area (Å²) in [5, 5.41) is 13.8. The van der Waals surface area contributed by atoms with Crippen LogP contribution in [-0.2, 0) is 17.9 Å². The van der Waals surface area contributed by atoms with Gasteiger partial charge < -0.3 is 16.0 Å².